The van der Waals surface area contributed by atoms with Crippen LogP contribution in [0.5, 0.6) is 0 Å². The molecule has 0 aromatic heterocycles. The van der Waals surface area contributed by atoms with E-state index in [-0.39, 0.29) is 12.0 Å². The quantitative estimate of drug-likeness (QED) is 0.629. The van der Waals surface area contributed by atoms with Gasteiger partial charge in [0.15, 0.2) is 0 Å². The lowest BCUT2D eigenvalue weighted by Crippen LogP contribution is -2.34. The maximum absolute atomic E-state index is 10.8. The van der Waals surface area contributed by atoms with Crippen molar-refractivity contribution in [2.45, 2.75) is 13.0 Å². The lowest BCUT2D eigenvalue weighted by atomic mass is 9.91. The molecular formula is C10H11NO2. The maximum atomic E-state index is 10.8. The maximum Gasteiger partial charge on any atom is 0.333 e. The summed E-state index contributed by atoms with van der Waals surface area (Å²) in [5.74, 6) is -0.633. The minimum Gasteiger partial charge on any atom is -0.478 e. The second-order valence-electron chi connectivity index (χ2n) is 3.36. The van der Waals surface area contributed by atoms with Gasteiger partial charge in [0.2, 0.25) is 0 Å². The fraction of sp³-hybridized carbons (Fsp3) is 0.300. The van der Waals surface area contributed by atoms with E-state index in [2.05, 4.69) is 11.4 Å². The molecule has 0 radical (unpaired) electrons. The van der Waals surface area contributed by atoms with Gasteiger partial charge in [-0.25, -0.2) is 4.79 Å². The van der Waals surface area contributed by atoms with Gasteiger partial charge in [0.05, 0.1) is 11.6 Å². The van der Waals surface area contributed by atoms with Gasteiger partial charge in [0, 0.05) is 11.6 Å². The number of nitrogens with one attached hydrogen (secondary N) is 1. The number of rotatable bonds is 1. The number of hydrogen-bond donors (Lipinski definition) is 2. The summed E-state index contributed by atoms with van der Waals surface area (Å²) in [7, 11) is 0. The zero-order chi connectivity index (χ0) is 9.42. The van der Waals surface area contributed by atoms with Gasteiger partial charge in [-0.2, -0.15) is 0 Å². The lowest BCUT2D eigenvalue weighted by molar-refractivity contribution is -0.133. The van der Waals surface area contributed by atoms with Crippen LogP contribution in [0.3, 0.4) is 0 Å². The number of allylic oxidation sites excluding steroid dienone is 3. The van der Waals surface area contributed by atoms with Gasteiger partial charge in [-0.15, -0.1) is 0 Å². The van der Waals surface area contributed by atoms with Crippen LogP contribution in [-0.4, -0.2) is 17.1 Å². The topological polar surface area (TPSA) is 49.3 Å². The van der Waals surface area contributed by atoms with E-state index in [1.165, 1.54) is 0 Å². The van der Waals surface area contributed by atoms with Gasteiger partial charge in [-0.3, -0.25) is 0 Å². The molecule has 2 unspecified atom stereocenters. The lowest BCUT2D eigenvalue weighted by Gasteiger charge is -2.20. The third-order valence-electron chi connectivity index (χ3n) is 2.40. The van der Waals surface area contributed by atoms with Crippen LogP contribution < -0.4 is 5.32 Å². The van der Waals surface area contributed by atoms with Crippen molar-refractivity contribution in [2.75, 3.05) is 0 Å². The fourth-order valence-corrected chi connectivity index (χ4v) is 1.82. The summed E-state index contributed by atoms with van der Waals surface area (Å²) in [5.41, 5.74) is 1.49. The van der Waals surface area contributed by atoms with E-state index in [4.69, 9.17) is 5.11 Å². The standard InChI is InChI=1S/C10H11NO2/c1-6-5-7-3-2-4-8(10(12)13)9(7)11-6/h2-5,7,9,11H,1H3,(H,12,13). The minimum atomic E-state index is -0.838. The molecule has 3 nitrogen and oxygen atoms in total. The van der Waals surface area contributed by atoms with E-state index < -0.39 is 5.97 Å². The van der Waals surface area contributed by atoms with Crippen LogP contribution in [0.2, 0.25) is 0 Å². The van der Waals surface area contributed by atoms with E-state index in [0.29, 0.717) is 5.57 Å². The first-order chi connectivity index (χ1) is 6.18. The Morgan fingerprint density at radius 2 is 2.38 bits per heavy atom. The first-order valence-corrected chi connectivity index (χ1v) is 4.25. The SMILES string of the molecule is CC1=CC2C=CC=C(C(=O)O)C2N1. The predicted octanol–water partition coefficient (Wildman–Crippen LogP) is 1.06. The molecule has 2 rings (SSSR count). The van der Waals surface area contributed by atoms with Gasteiger partial charge in [0.1, 0.15) is 0 Å². The Morgan fingerprint density at radius 3 is 3.08 bits per heavy atom. The molecule has 13 heavy (non-hydrogen) atoms. The summed E-state index contributed by atoms with van der Waals surface area (Å²) in [6.07, 6.45) is 7.53. The summed E-state index contributed by atoms with van der Waals surface area (Å²) in [6, 6.07) is -0.0671. The third kappa shape index (κ3) is 1.26. The molecule has 0 saturated heterocycles. The van der Waals surface area contributed by atoms with Crippen LogP contribution >= 0.6 is 0 Å². The molecule has 0 saturated carbocycles. The molecule has 0 spiro atoms. The number of aliphatic carboxylic acids is 1. The van der Waals surface area contributed by atoms with Crippen molar-refractivity contribution in [2.24, 2.45) is 5.92 Å². The van der Waals surface area contributed by atoms with Gasteiger partial charge in [-0.1, -0.05) is 18.2 Å². The average Bonchev–Trinajstić information content (AvgIpc) is 2.43. The molecule has 1 heterocycles. The highest BCUT2D eigenvalue weighted by molar-refractivity contribution is 5.89. The molecule has 0 bridgehead atoms. The van der Waals surface area contributed by atoms with Gasteiger partial charge < -0.3 is 10.4 Å². The van der Waals surface area contributed by atoms with E-state index >= 15 is 0 Å². The van der Waals surface area contributed by atoms with Crippen molar-refractivity contribution in [1.82, 2.24) is 5.32 Å². The van der Waals surface area contributed by atoms with Crippen LogP contribution in [-0.2, 0) is 4.79 Å². The monoisotopic (exact) mass is 177 g/mol. The number of carboxylic acid groups (broad SMARTS) is 1. The molecule has 1 aliphatic carbocycles. The summed E-state index contributed by atoms with van der Waals surface area (Å²) in [5, 5.41) is 12.1. The Bertz CT molecular complexity index is 339. The van der Waals surface area contributed by atoms with E-state index in [9.17, 15) is 4.79 Å². The second kappa shape index (κ2) is 2.76. The number of carboxylic acids is 1. The average molecular weight is 177 g/mol. The van der Waals surface area contributed by atoms with Crippen molar-refractivity contribution in [3.63, 3.8) is 0 Å². The first-order valence-electron chi connectivity index (χ1n) is 4.25. The number of carbonyl (C=O) groups is 1. The molecule has 1 aliphatic heterocycles. The molecule has 2 atom stereocenters. The molecule has 0 aromatic rings. The molecule has 3 heteroatoms. The molecule has 0 aromatic carbocycles. The van der Waals surface area contributed by atoms with Crippen molar-refractivity contribution < 1.29 is 9.90 Å². The van der Waals surface area contributed by atoms with Crippen LogP contribution in [0, 0.1) is 5.92 Å². The highest BCUT2D eigenvalue weighted by atomic mass is 16.4. The zero-order valence-corrected chi connectivity index (χ0v) is 7.32. The van der Waals surface area contributed by atoms with Gasteiger partial charge in [0.25, 0.3) is 0 Å². The molecule has 0 amide bonds. The normalized spacial score (nSPS) is 30.2. The largest absolute Gasteiger partial charge is 0.478 e. The Hall–Kier alpha value is -1.51. The first kappa shape index (κ1) is 8.10. The highest BCUT2D eigenvalue weighted by Gasteiger charge is 2.31. The van der Waals surface area contributed by atoms with Crippen molar-refractivity contribution >= 4 is 5.97 Å². The Kier molecular flexibility index (Phi) is 1.72. The Balaban J connectivity index is 2.30. The number of hydrogen-bond acceptors (Lipinski definition) is 2. The van der Waals surface area contributed by atoms with Gasteiger partial charge in [-0.05, 0) is 13.0 Å². The van der Waals surface area contributed by atoms with Crippen LogP contribution in [0.1, 0.15) is 6.92 Å². The minimum absolute atomic E-state index is 0.0671. The van der Waals surface area contributed by atoms with Crippen molar-refractivity contribution in [3.05, 3.63) is 35.6 Å². The third-order valence-corrected chi connectivity index (χ3v) is 2.40. The molecule has 68 valence electrons. The Labute approximate surface area is 76.4 Å². The summed E-state index contributed by atoms with van der Waals surface area (Å²) in [4.78, 5) is 10.8. The van der Waals surface area contributed by atoms with Crippen molar-refractivity contribution in [1.29, 1.82) is 0 Å². The predicted molar refractivity (Wildman–Crippen MR) is 49.0 cm³/mol. The molecule has 0 fully saturated rings. The van der Waals surface area contributed by atoms with E-state index in [1.54, 1.807) is 12.2 Å². The summed E-state index contributed by atoms with van der Waals surface area (Å²) < 4.78 is 0. The van der Waals surface area contributed by atoms with Gasteiger partial charge >= 0.3 is 5.97 Å². The molecule has 2 N–H and O–H groups in total. The smallest absolute Gasteiger partial charge is 0.333 e. The Morgan fingerprint density at radius 1 is 1.62 bits per heavy atom. The van der Waals surface area contributed by atoms with Crippen molar-refractivity contribution in [3.8, 4) is 0 Å². The molecule has 2 aliphatic rings. The highest BCUT2D eigenvalue weighted by Crippen LogP contribution is 2.27. The fourth-order valence-electron chi connectivity index (χ4n) is 1.82. The van der Waals surface area contributed by atoms with Crippen LogP contribution in [0.25, 0.3) is 0 Å². The number of fused-ring (bicyclic) bond motifs is 1. The zero-order valence-electron chi connectivity index (χ0n) is 7.32. The second-order valence-corrected chi connectivity index (χ2v) is 3.36. The van der Waals surface area contributed by atoms with E-state index in [1.807, 2.05) is 13.0 Å². The summed E-state index contributed by atoms with van der Waals surface area (Å²) in [6.45, 7) is 1.95. The summed E-state index contributed by atoms with van der Waals surface area (Å²) >= 11 is 0. The van der Waals surface area contributed by atoms with Crippen LogP contribution in [0.15, 0.2) is 35.6 Å². The van der Waals surface area contributed by atoms with Crippen LogP contribution in [0.4, 0.5) is 0 Å². The molecular weight excluding hydrogens is 166 g/mol. The van der Waals surface area contributed by atoms with E-state index in [0.717, 1.165) is 5.70 Å².